The van der Waals surface area contributed by atoms with Crippen LogP contribution in [0.4, 0.5) is 14.5 Å². The lowest BCUT2D eigenvalue weighted by molar-refractivity contribution is -0.135. The Bertz CT molecular complexity index is 851. The van der Waals surface area contributed by atoms with Crippen LogP contribution >= 0.6 is 0 Å². The second-order valence-electron chi connectivity index (χ2n) is 6.70. The lowest BCUT2D eigenvalue weighted by Gasteiger charge is -2.31. The first-order valence-corrected chi connectivity index (χ1v) is 8.73. The minimum Gasteiger partial charge on any atom is -0.480 e. The molecule has 2 aromatic rings. The number of benzene rings is 2. The third-order valence-corrected chi connectivity index (χ3v) is 4.54. The second kappa shape index (κ2) is 8.75. The Morgan fingerprint density at radius 3 is 2.52 bits per heavy atom. The number of ketones is 1. The molecule has 144 valence electrons. The van der Waals surface area contributed by atoms with E-state index in [0.717, 1.165) is 11.6 Å². The Morgan fingerprint density at radius 2 is 1.89 bits per heavy atom. The Balaban J connectivity index is 2.31. The predicted molar refractivity (Wildman–Crippen MR) is 100 cm³/mol. The summed E-state index contributed by atoms with van der Waals surface area (Å²) >= 11 is 0. The largest absolute Gasteiger partial charge is 0.480 e. The van der Waals surface area contributed by atoms with Gasteiger partial charge in [-0.3, -0.25) is 9.59 Å². The lowest BCUT2D eigenvalue weighted by Crippen LogP contribution is -2.38. The first-order valence-electron chi connectivity index (χ1n) is 8.73. The van der Waals surface area contributed by atoms with Crippen molar-refractivity contribution in [3.63, 3.8) is 0 Å². The van der Waals surface area contributed by atoms with Crippen LogP contribution in [0.25, 0.3) is 0 Å². The maximum atomic E-state index is 13.9. The van der Waals surface area contributed by atoms with Crippen LogP contribution < -0.4 is 4.90 Å². The number of carboxylic acids is 1. The van der Waals surface area contributed by atoms with Gasteiger partial charge >= 0.3 is 5.97 Å². The van der Waals surface area contributed by atoms with E-state index in [0.29, 0.717) is 17.7 Å². The highest BCUT2D eigenvalue weighted by atomic mass is 19.2. The number of carboxylic acid groups (broad SMARTS) is 1. The van der Waals surface area contributed by atoms with E-state index in [1.807, 2.05) is 13.8 Å². The van der Waals surface area contributed by atoms with Gasteiger partial charge in [0.05, 0.1) is 0 Å². The number of carbonyl (C=O) groups is 2. The molecule has 0 heterocycles. The molecule has 0 spiro atoms. The molecule has 6 heteroatoms. The monoisotopic (exact) mass is 375 g/mol. The Hall–Kier alpha value is -2.76. The highest BCUT2D eigenvalue weighted by molar-refractivity contribution is 6.00. The number of hydrogen-bond acceptors (Lipinski definition) is 3. The van der Waals surface area contributed by atoms with Crippen LogP contribution in [0, 0.1) is 18.6 Å². The van der Waals surface area contributed by atoms with Crippen molar-refractivity contribution in [1.82, 2.24) is 0 Å². The predicted octanol–water partition coefficient (Wildman–Crippen LogP) is 4.39. The molecular weight excluding hydrogens is 352 g/mol. The number of halogens is 2. The summed E-state index contributed by atoms with van der Waals surface area (Å²) in [6.07, 6.45) is 0.654. The van der Waals surface area contributed by atoms with E-state index in [1.54, 1.807) is 23.1 Å². The molecule has 0 aliphatic heterocycles. The highest BCUT2D eigenvalue weighted by Crippen LogP contribution is 2.26. The summed E-state index contributed by atoms with van der Waals surface area (Å²) in [4.78, 5) is 25.0. The summed E-state index contributed by atoms with van der Waals surface area (Å²) < 4.78 is 27.3. The van der Waals surface area contributed by atoms with Gasteiger partial charge in [0.1, 0.15) is 6.54 Å². The van der Waals surface area contributed by atoms with Crippen molar-refractivity contribution in [3.05, 3.63) is 64.7 Å². The SMILES string of the molecule is CC(=O)c1ccc(C)cc1N(CC(=O)O)C(C)CCc1cccc(F)c1F. The third kappa shape index (κ3) is 5.12. The van der Waals surface area contributed by atoms with E-state index in [4.69, 9.17) is 0 Å². The molecule has 1 N–H and O–H groups in total. The maximum absolute atomic E-state index is 13.9. The lowest BCUT2D eigenvalue weighted by atomic mass is 10.0. The van der Waals surface area contributed by atoms with Gasteiger partial charge < -0.3 is 10.0 Å². The van der Waals surface area contributed by atoms with Crippen molar-refractivity contribution in [1.29, 1.82) is 0 Å². The molecule has 0 radical (unpaired) electrons. The van der Waals surface area contributed by atoms with Gasteiger partial charge in [0, 0.05) is 17.3 Å². The van der Waals surface area contributed by atoms with E-state index >= 15 is 0 Å². The van der Waals surface area contributed by atoms with Crippen LogP contribution in [0.1, 0.15) is 41.8 Å². The van der Waals surface area contributed by atoms with Crippen molar-refractivity contribution in [3.8, 4) is 0 Å². The molecule has 27 heavy (non-hydrogen) atoms. The zero-order valence-corrected chi connectivity index (χ0v) is 15.6. The summed E-state index contributed by atoms with van der Waals surface area (Å²) in [5.74, 6) is -2.98. The van der Waals surface area contributed by atoms with Gasteiger partial charge in [-0.25, -0.2) is 8.78 Å². The molecule has 0 aliphatic rings. The summed E-state index contributed by atoms with van der Waals surface area (Å²) in [5.41, 5.74) is 2.12. The molecule has 0 saturated carbocycles. The fraction of sp³-hybridized carbons (Fsp3) is 0.333. The molecule has 0 amide bonds. The zero-order valence-electron chi connectivity index (χ0n) is 15.6. The fourth-order valence-electron chi connectivity index (χ4n) is 3.06. The first kappa shape index (κ1) is 20.6. The number of rotatable bonds is 8. The van der Waals surface area contributed by atoms with Crippen molar-refractivity contribution in [2.45, 2.75) is 39.7 Å². The standard InChI is InChI=1S/C21H23F2NO3/c1-13-7-10-17(15(3)25)19(11-13)24(12-20(26)27)14(2)8-9-16-5-4-6-18(22)21(16)23/h4-7,10-11,14H,8-9,12H2,1-3H3,(H,26,27). The molecule has 1 unspecified atom stereocenters. The smallest absolute Gasteiger partial charge is 0.323 e. The van der Waals surface area contributed by atoms with Crippen LogP contribution in [-0.2, 0) is 11.2 Å². The topological polar surface area (TPSA) is 57.6 Å². The summed E-state index contributed by atoms with van der Waals surface area (Å²) in [5, 5.41) is 9.32. The molecule has 0 bridgehead atoms. The number of hydrogen-bond donors (Lipinski definition) is 1. The number of nitrogens with zero attached hydrogens (tertiary/aromatic N) is 1. The van der Waals surface area contributed by atoms with E-state index in [2.05, 4.69) is 0 Å². The normalized spacial score (nSPS) is 11.9. The van der Waals surface area contributed by atoms with Crippen LogP contribution in [-0.4, -0.2) is 29.4 Å². The quantitative estimate of drug-likeness (QED) is 0.696. The molecule has 0 aromatic heterocycles. The molecule has 2 rings (SSSR count). The van der Waals surface area contributed by atoms with Gasteiger partial charge in [0.15, 0.2) is 17.4 Å². The number of anilines is 1. The summed E-state index contributed by atoms with van der Waals surface area (Å²) in [6.45, 7) is 4.81. The Labute approximate surface area is 157 Å². The molecular formula is C21H23F2NO3. The molecule has 4 nitrogen and oxygen atoms in total. The molecule has 1 atom stereocenters. The van der Waals surface area contributed by atoms with Crippen molar-refractivity contribution >= 4 is 17.4 Å². The van der Waals surface area contributed by atoms with Crippen LogP contribution in [0.15, 0.2) is 36.4 Å². The van der Waals surface area contributed by atoms with Gasteiger partial charge in [0.2, 0.25) is 0 Å². The minimum absolute atomic E-state index is 0.163. The van der Waals surface area contributed by atoms with Crippen LogP contribution in [0.3, 0.4) is 0 Å². The average molecular weight is 375 g/mol. The molecule has 0 aliphatic carbocycles. The first-order chi connectivity index (χ1) is 12.7. The molecule has 0 fully saturated rings. The number of Topliss-reactive ketones (excluding diaryl/α,β-unsaturated/α-hetero) is 1. The Morgan fingerprint density at radius 1 is 1.19 bits per heavy atom. The van der Waals surface area contributed by atoms with Gasteiger partial charge in [-0.15, -0.1) is 0 Å². The number of aryl methyl sites for hydroxylation is 2. The highest BCUT2D eigenvalue weighted by Gasteiger charge is 2.22. The van der Waals surface area contributed by atoms with Crippen molar-refractivity contribution in [2.24, 2.45) is 0 Å². The molecule has 0 saturated heterocycles. The summed E-state index contributed by atoms with van der Waals surface area (Å²) in [6, 6.07) is 8.97. The van der Waals surface area contributed by atoms with E-state index in [9.17, 15) is 23.5 Å². The maximum Gasteiger partial charge on any atom is 0.323 e. The summed E-state index contributed by atoms with van der Waals surface area (Å²) in [7, 11) is 0. The van der Waals surface area contributed by atoms with Gasteiger partial charge in [0.25, 0.3) is 0 Å². The number of aliphatic carboxylic acids is 1. The average Bonchev–Trinajstić information content (AvgIpc) is 2.60. The Kier molecular flexibility index (Phi) is 6.66. The van der Waals surface area contributed by atoms with Gasteiger partial charge in [-0.2, -0.15) is 0 Å². The zero-order chi connectivity index (χ0) is 20.1. The van der Waals surface area contributed by atoms with E-state index in [-0.39, 0.29) is 30.4 Å². The van der Waals surface area contributed by atoms with Crippen molar-refractivity contribution < 1.29 is 23.5 Å². The molecule has 2 aromatic carbocycles. The van der Waals surface area contributed by atoms with E-state index in [1.165, 1.54) is 19.1 Å². The minimum atomic E-state index is -1.03. The third-order valence-electron chi connectivity index (χ3n) is 4.54. The van der Waals surface area contributed by atoms with E-state index < -0.39 is 17.6 Å². The van der Waals surface area contributed by atoms with Crippen molar-refractivity contribution in [2.75, 3.05) is 11.4 Å². The second-order valence-corrected chi connectivity index (χ2v) is 6.70. The van der Waals surface area contributed by atoms with Gasteiger partial charge in [-0.05, 0) is 62.9 Å². The van der Waals surface area contributed by atoms with Crippen LogP contribution in [0.2, 0.25) is 0 Å². The fourth-order valence-corrected chi connectivity index (χ4v) is 3.06. The van der Waals surface area contributed by atoms with Crippen LogP contribution in [0.5, 0.6) is 0 Å². The van der Waals surface area contributed by atoms with Gasteiger partial charge in [-0.1, -0.05) is 18.2 Å². The number of carbonyl (C=O) groups excluding carboxylic acids is 1.